The number of nitrogens with zero attached hydrogens (tertiary/aromatic N) is 1. The number of carbonyl (C=O) groups is 1. The van der Waals surface area contributed by atoms with Gasteiger partial charge in [-0.05, 0) is 13.0 Å². The van der Waals surface area contributed by atoms with E-state index < -0.39 is 0 Å². The standard InChI is InChI=1S/C10H12N2O2/c1-7(12-14)9-5-3-4-6-10(9)11-8(2)13/h3-6,14H,1-2H3,(H,11,13)/b12-7+. The maximum atomic E-state index is 10.9. The van der Waals surface area contributed by atoms with Crippen LogP contribution in [-0.4, -0.2) is 16.8 Å². The van der Waals surface area contributed by atoms with E-state index in [2.05, 4.69) is 10.5 Å². The molecule has 1 amide bonds. The Morgan fingerprint density at radius 1 is 1.36 bits per heavy atom. The van der Waals surface area contributed by atoms with Crippen molar-refractivity contribution in [2.45, 2.75) is 13.8 Å². The minimum Gasteiger partial charge on any atom is -0.411 e. The third-order valence-electron chi connectivity index (χ3n) is 1.78. The first kappa shape index (κ1) is 10.2. The molecule has 0 fully saturated rings. The number of carbonyl (C=O) groups excluding carboxylic acids is 1. The predicted octanol–water partition coefficient (Wildman–Crippen LogP) is 1.84. The molecule has 1 aromatic rings. The summed E-state index contributed by atoms with van der Waals surface area (Å²) < 4.78 is 0. The molecular weight excluding hydrogens is 180 g/mol. The molecule has 0 aliphatic rings. The molecule has 4 nitrogen and oxygen atoms in total. The van der Waals surface area contributed by atoms with Crippen LogP contribution in [0.15, 0.2) is 29.4 Å². The highest BCUT2D eigenvalue weighted by atomic mass is 16.4. The fourth-order valence-electron chi connectivity index (χ4n) is 1.15. The highest BCUT2D eigenvalue weighted by Crippen LogP contribution is 2.15. The van der Waals surface area contributed by atoms with Crippen molar-refractivity contribution >= 4 is 17.3 Å². The predicted molar refractivity (Wildman–Crippen MR) is 54.7 cm³/mol. The van der Waals surface area contributed by atoms with E-state index in [0.717, 1.165) is 0 Å². The van der Waals surface area contributed by atoms with Gasteiger partial charge < -0.3 is 10.5 Å². The number of anilines is 1. The summed E-state index contributed by atoms with van der Waals surface area (Å²) in [6.45, 7) is 3.10. The molecule has 0 spiro atoms. The first-order valence-corrected chi connectivity index (χ1v) is 4.21. The quantitative estimate of drug-likeness (QED) is 0.426. The number of rotatable bonds is 2. The second kappa shape index (κ2) is 4.41. The zero-order chi connectivity index (χ0) is 10.6. The first-order valence-electron chi connectivity index (χ1n) is 4.21. The number of benzene rings is 1. The van der Waals surface area contributed by atoms with Gasteiger partial charge in [0.2, 0.25) is 5.91 Å². The van der Waals surface area contributed by atoms with Crippen molar-refractivity contribution < 1.29 is 10.0 Å². The van der Waals surface area contributed by atoms with Crippen LogP contribution in [0.2, 0.25) is 0 Å². The van der Waals surface area contributed by atoms with Gasteiger partial charge in [-0.3, -0.25) is 4.79 Å². The van der Waals surface area contributed by atoms with Gasteiger partial charge in [-0.25, -0.2) is 0 Å². The van der Waals surface area contributed by atoms with Gasteiger partial charge in [0.05, 0.1) is 5.71 Å². The fraction of sp³-hybridized carbons (Fsp3) is 0.200. The average molecular weight is 192 g/mol. The van der Waals surface area contributed by atoms with Crippen molar-refractivity contribution in [1.29, 1.82) is 0 Å². The van der Waals surface area contributed by atoms with Crippen LogP contribution in [0.4, 0.5) is 5.69 Å². The van der Waals surface area contributed by atoms with Crippen LogP contribution in [0.5, 0.6) is 0 Å². The molecule has 0 aliphatic heterocycles. The molecule has 0 atom stereocenters. The normalized spacial score (nSPS) is 11.1. The lowest BCUT2D eigenvalue weighted by Crippen LogP contribution is -2.09. The van der Waals surface area contributed by atoms with Gasteiger partial charge in [0, 0.05) is 18.2 Å². The summed E-state index contributed by atoms with van der Waals surface area (Å²) in [7, 11) is 0. The molecule has 14 heavy (non-hydrogen) atoms. The van der Waals surface area contributed by atoms with Crippen LogP contribution in [0.1, 0.15) is 19.4 Å². The molecule has 0 aromatic heterocycles. The van der Waals surface area contributed by atoms with Crippen molar-refractivity contribution in [2.75, 3.05) is 5.32 Å². The van der Waals surface area contributed by atoms with E-state index in [0.29, 0.717) is 17.0 Å². The fourth-order valence-corrected chi connectivity index (χ4v) is 1.15. The number of oxime groups is 1. The maximum Gasteiger partial charge on any atom is 0.221 e. The summed E-state index contributed by atoms with van der Waals surface area (Å²) in [5.41, 5.74) is 1.83. The van der Waals surface area contributed by atoms with Crippen LogP contribution in [-0.2, 0) is 4.79 Å². The van der Waals surface area contributed by atoms with E-state index in [1.807, 2.05) is 6.07 Å². The molecule has 74 valence electrons. The second-order valence-corrected chi connectivity index (χ2v) is 2.91. The second-order valence-electron chi connectivity index (χ2n) is 2.91. The van der Waals surface area contributed by atoms with Crippen molar-refractivity contribution in [1.82, 2.24) is 0 Å². The molecular formula is C10H12N2O2. The van der Waals surface area contributed by atoms with Crippen molar-refractivity contribution in [3.8, 4) is 0 Å². The summed E-state index contributed by atoms with van der Waals surface area (Å²) in [4.78, 5) is 10.9. The minimum absolute atomic E-state index is 0.150. The van der Waals surface area contributed by atoms with E-state index in [-0.39, 0.29) is 5.91 Å². The Labute approximate surface area is 82.2 Å². The van der Waals surface area contributed by atoms with E-state index in [4.69, 9.17) is 5.21 Å². The third kappa shape index (κ3) is 2.32. The SMILES string of the molecule is CC(=O)Nc1ccccc1/C(C)=N/O. The van der Waals surface area contributed by atoms with Gasteiger partial charge in [0.25, 0.3) is 0 Å². The van der Waals surface area contributed by atoms with Crippen LogP contribution >= 0.6 is 0 Å². The topological polar surface area (TPSA) is 61.7 Å². The smallest absolute Gasteiger partial charge is 0.221 e. The number of para-hydroxylation sites is 1. The molecule has 4 heteroatoms. The lowest BCUT2D eigenvalue weighted by atomic mass is 10.1. The molecule has 2 N–H and O–H groups in total. The summed E-state index contributed by atoms with van der Waals surface area (Å²) in [5.74, 6) is -0.150. The van der Waals surface area contributed by atoms with Gasteiger partial charge in [0.1, 0.15) is 0 Å². The number of hydrogen-bond acceptors (Lipinski definition) is 3. The van der Waals surface area contributed by atoms with Crippen molar-refractivity contribution in [2.24, 2.45) is 5.16 Å². The molecule has 0 saturated carbocycles. The average Bonchev–Trinajstić information content (AvgIpc) is 2.16. The summed E-state index contributed by atoms with van der Waals surface area (Å²) in [6.07, 6.45) is 0. The first-order chi connectivity index (χ1) is 6.65. The Kier molecular flexibility index (Phi) is 3.23. The molecule has 0 radical (unpaired) electrons. The lowest BCUT2D eigenvalue weighted by Gasteiger charge is -2.07. The third-order valence-corrected chi connectivity index (χ3v) is 1.78. The van der Waals surface area contributed by atoms with Crippen molar-refractivity contribution in [3.63, 3.8) is 0 Å². The summed E-state index contributed by atoms with van der Waals surface area (Å²) in [5, 5.41) is 14.4. The van der Waals surface area contributed by atoms with E-state index in [9.17, 15) is 4.79 Å². The van der Waals surface area contributed by atoms with Gasteiger partial charge in [0.15, 0.2) is 0 Å². The molecule has 1 aromatic carbocycles. The largest absolute Gasteiger partial charge is 0.411 e. The Bertz CT molecular complexity index is 372. The Balaban J connectivity index is 3.09. The molecule has 0 bridgehead atoms. The monoisotopic (exact) mass is 192 g/mol. The highest BCUT2D eigenvalue weighted by Gasteiger charge is 2.05. The maximum absolute atomic E-state index is 10.9. The van der Waals surface area contributed by atoms with Gasteiger partial charge in [-0.2, -0.15) is 0 Å². The Morgan fingerprint density at radius 3 is 2.57 bits per heavy atom. The lowest BCUT2D eigenvalue weighted by molar-refractivity contribution is -0.114. The van der Waals surface area contributed by atoms with Crippen molar-refractivity contribution in [3.05, 3.63) is 29.8 Å². The Morgan fingerprint density at radius 2 is 2.00 bits per heavy atom. The molecule has 0 aliphatic carbocycles. The number of hydrogen-bond donors (Lipinski definition) is 2. The number of nitrogens with one attached hydrogen (secondary N) is 1. The summed E-state index contributed by atoms with van der Waals surface area (Å²) >= 11 is 0. The number of amides is 1. The van der Waals surface area contributed by atoms with Crippen LogP contribution in [0.25, 0.3) is 0 Å². The molecule has 0 unspecified atom stereocenters. The summed E-state index contributed by atoms with van der Waals surface area (Å²) in [6, 6.07) is 7.15. The molecule has 1 rings (SSSR count). The zero-order valence-corrected chi connectivity index (χ0v) is 8.11. The highest BCUT2D eigenvalue weighted by molar-refractivity contribution is 6.05. The van der Waals surface area contributed by atoms with Crippen LogP contribution < -0.4 is 5.32 Å². The van der Waals surface area contributed by atoms with E-state index in [1.165, 1.54) is 6.92 Å². The van der Waals surface area contributed by atoms with Gasteiger partial charge >= 0.3 is 0 Å². The molecule has 0 saturated heterocycles. The van der Waals surface area contributed by atoms with Gasteiger partial charge in [-0.15, -0.1) is 0 Å². The molecule has 0 heterocycles. The van der Waals surface area contributed by atoms with Crippen LogP contribution in [0.3, 0.4) is 0 Å². The van der Waals surface area contributed by atoms with Crippen LogP contribution in [0, 0.1) is 0 Å². The Hall–Kier alpha value is -1.84. The van der Waals surface area contributed by atoms with E-state index >= 15 is 0 Å². The zero-order valence-electron chi connectivity index (χ0n) is 8.11. The minimum atomic E-state index is -0.150. The van der Waals surface area contributed by atoms with Gasteiger partial charge in [-0.1, -0.05) is 23.4 Å². The van der Waals surface area contributed by atoms with E-state index in [1.54, 1.807) is 25.1 Å².